The summed E-state index contributed by atoms with van der Waals surface area (Å²) in [5.74, 6) is 0. The average Bonchev–Trinajstić information content (AvgIpc) is 2.77. The molecule has 0 atom stereocenters. The van der Waals surface area contributed by atoms with Gasteiger partial charge in [0.25, 0.3) is 0 Å². The van der Waals surface area contributed by atoms with Crippen molar-refractivity contribution in [3.63, 3.8) is 0 Å². The van der Waals surface area contributed by atoms with Crippen molar-refractivity contribution in [2.75, 3.05) is 0 Å². The maximum absolute atomic E-state index is 3.85. The lowest BCUT2D eigenvalue weighted by Crippen LogP contribution is -1.97. The van der Waals surface area contributed by atoms with Crippen molar-refractivity contribution in [1.82, 2.24) is 0 Å². The van der Waals surface area contributed by atoms with Gasteiger partial charge in [-0.25, -0.2) is 0 Å². The average molecular weight is 387 g/mol. The Morgan fingerprint density at radius 3 is 1.27 bits per heavy atom. The van der Waals surface area contributed by atoms with Gasteiger partial charge in [0.05, 0.1) is 0 Å². The number of hydrogen-bond donors (Lipinski definition) is 0. The molecule has 0 saturated carbocycles. The Morgan fingerprint density at radius 2 is 0.867 bits per heavy atom. The largest absolute Gasteiger partial charge is 0.102 e. The van der Waals surface area contributed by atoms with Crippen LogP contribution in [-0.4, -0.2) is 0 Å². The van der Waals surface area contributed by atoms with E-state index in [-0.39, 0.29) is 0 Å². The second-order valence-electron chi connectivity index (χ2n) is 7.75. The molecule has 0 unspecified atom stereocenters. The third kappa shape index (κ3) is 4.20. The van der Waals surface area contributed by atoms with E-state index in [1.165, 1.54) is 38.9 Å². The van der Waals surface area contributed by atoms with E-state index in [9.17, 15) is 0 Å². The summed E-state index contributed by atoms with van der Waals surface area (Å²) in [6.07, 6.45) is 0. The molecule has 0 aliphatic carbocycles. The lowest BCUT2D eigenvalue weighted by molar-refractivity contribution is 1.29. The Hall–Kier alpha value is -3.60. The normalized spacial score (nSPS) is 10.4. The lowest BCUT2D eigenvalue weighted by atomic mass is 9.88. The van der Waals surface area contributed by atoms with Crippen LogP contribution in [0.4, 0.5) is 0 Å². The highest BCUT2D eigenvalue weighted by atomic mass is 14.2. The first-order valence-electron chi connectivity index (χ1n) is 10.4. The molecule has 0 heteroatoms. The molecule has 30 heavy (non-hydrogen) atoms. The quantitative estimate of drug-likeness (QED) is 0.314. The van der Waals surface area contributed by atoms with Crippen LogP contribution in [0, 0.1) is 20.8 Å². The minimum absolute atomic E-state index is 1.11. The maximum Gasteiger partial charge on any atom is 0.0321 e. The smallest absolute Gasteiger partial charge is 0.0321 e. The highest BCUT2D eigenvalue weighted by Gasteiger charge is 2.13. The molecule has 0 N–H and O–H groups in total. The van der Waals surface area contributed by atoms with Crippen LogP contribution in [0.15, 0.2) is 109 Å². The third-order valence-electron chi connectivity index (χ3n) is 5.36. The molecule has 0 fully saturated rings. The van der Waals surface area contributed by atoms with Crippen LogP contribution in [0.1, 0.15) is 38.9 Å². The summed E-state index contributed by atoms with van der Waals surface area (Å²) in [6.45, 7) is 6.56. The van der Waals surface area contributed by atoms with E-state index >= 15 is 0 Å². The molecular formula is C30H26. The lowest BCUT2D eigenvalue weighted by Gasteiger charge is -2.15. The van der Waals surface area contributed by atoms with Crippen molar-refractivity contribution in [3.8, 4) is 0 Å². The molecule has 0 aromatic heterocycles. The van der Waals surface area contributed by atoms with Crippen molar-refractivity contribution in [3.05, 3.63) is 148 Å². The number of aryl methyl sites for hydroxylation is 3. The van der Waals surface area contributed by atoms with E-state index in [0.29, 0.717) is 0 Å². The molecule has 0 spiro atoms. The molecule has 4 rings (SSSR count). The van der Waals surface area contributed by atoms with Gasteiger partial charge in [0.15, 0.2) is 0 Å². The van der Waals surface area contributed by atoms with E-state index in [4.69, 9.17) is 0 Å². The molecular weight excluding hydrogens is 360 g/mol. The van der Waals surface area contributed by atoms with Gasteiger partial charge in [-0.2, -0.15) is 0 Å². The van der Waals surface area contributed by atoms with Gasteiger partial charge in [-0.3, -0.25) is 0 Å². The summed E-state index contributed by atoms with van der Waals surface area (Å²) in [7, 11) is 0. The molecule has 0 heterocycles. The molecule has 0 nitrogen and oxygen atoms in total. The summed E-state index contributed by atoms with van der Waals surface area (Å²) >= 11 is 0. The standard InChI is InChI=1S/C30H26/c1-22-19-23(2)30(24(3)20-22)29(27-17-11-6-12-18-27)21-28(25-13-7-4-8-14-25)26-15-9-5-10-16-26/h4-20H,1-3H3. The third-order valence-corrected chi connectivity index (χ3v) is 5.36. The highest BCUT2D eigenvalue weighted by molar-refractivity contribution is 5.90. The van der Waals surface area contributed by atoms with Crippen LogP contribution in [0.25, 0.3) is 11.1 Å². The monoisotopic (exact) mass is 386 g/mol. The van der Waals surface area contributed by atoms with Crippen molar-refractivity contribution >= 4 is 11.1 Å². The van der Waals surface area contributed by atoms with Gasteiger partial charge < -0.3 is 0 Å². The fourth-order valence-corrected chi connectivity index (χ4v) is 4.10. The van der Waals surface area contributed by atoms with E-state index in [1.54, 1.807) is 0 Å². The topological polar surface area (TPSA) is 0 Å². The Labute approximate surface area is 179 Å². The number of rotatable bonds is 4. The van der Waals surface area contributed by atoms with Gasteiger partial charge in [-0.15, -0.1) is 5.73 Å². The second-order valence-corrected chi connectivity index (χ2v) is 7.75. The summed E-state index contributed by atoms with van der Waals surface area (Å²) in [4.78, 5) is 0. The van der Waals surface area contributed by atoms with Crippen LogP contribution in [0.2, 0.25) is 0 Å². The van der Waals surface area contributed by atoms with Gasteiger partial charge in [0.2, 0.25) is 0 Å². The SMILES string of the molecule is Cc1cc(C)c(C(=C=C(c2ccccc2)c2ccccc2)c2ccccc2)c(C)c1. The zero-order valence-electron chi connectivity index (χ0n) is 17.8. The van der Waals surface area contributed by atoms with E-state index in [2.05, 4.69) is 130 Å². The Kier molecular flexibility index (Phi) is 5.80. The summed E-state index contributed by atoms with van der Waals surface area (Å²) in [6, 6.07) is 36.2. The summed E-state index contributed by atoms with van der Waals surface area (Å²) < 4.78 is 0. The molecule has 0 aliphatic heterocycles. The molecule has 0 amide bonds. The van der Waals surface area contributed by atoms with Crippen LogP contribution >= 0.6 is 0 Å². The molecule has 0 saturated heterocycles. The Bertz CT molecular complexity index is 1140. The highest BCUT2D eigenvalue weighted by Crippen LogP contribution is 2.32. The first kappa shape index (κ1) is 19.7. The zero-order chi connectivity index (χ0) is 20.9. The van der Waals surface area contributed by atoms with Crippen LogP contribution in [-0.2, 0) is 0 Å². The molecule has 4 aromatic carbocycles. The molecule has 146 valence electrons. The molecule has 0 aliphatic rings. The molecule has 0 bridgehead atoms. The van der Waals surface area contributed by atoms with Crippen LogP contribution < -0.4 is 0 Å². The van der Waals surface area contributed by atoms with Gasteiger partial charge in [-0.1, -0.05) is 109 Å². The van der Waals surface area contributed by atoms with Crippen LogP contribution in [0.5, 0.6) is 0 Å². The zero-order valence-corrected chi connectivity index (χ0v) is 17.8. The first-order chi connectivity index (χ1) is 14.6. The van der Waals surface area contributed by atoms with E-state index in [1.807, 2.05) is 0 Å². The number of benzene rings is 4. The predicted molar refractivity (Wildman–Crippen MR) is 129 cm³/mol. The predicted octanol–water partition coefficient (Wildman–Crippen LogP) is 7.77. The second kappa shape index (κ2) is 8.82. The van der Waals surface area contributed by atoms with Crippen molar-refractivity contribution in [2.45, 2.75) is 20.8 Å². The van der Waals surface area contributed by atoms with Crippen molar-refractivity contribution in [1.29, 1.82) is 0 Å². The van der Waals surface area contributed by atoms with Crippen LogP contribution in [0.3, 0.4) is 0 Å². The van der Waals surface area contributed by atoms with Crippen molar-refractivity contribution < 1.29 is 0 Å². The Morgan fingerprint density at radius 1 is 0.500 bits per heavy atom. The maximum atomic E-state index is 3.85. The summed E-state index contributed by atoms with van der Waals surface area (Å²) in [5.41, 5.74) is 14.7. The number of hydrogen-bond acceptors (Lipinski definition) is 0. The van der Waals surface area contributed by atoms with Gasteiger partial charge in [0, 0.05) is 11.1 Å². The van der Waals surface area contributed by atoms with E-state index < -0.39 is 0 Å². The fourth-order valence-electron chi connectivity index (χ4n) is 4.10. The summed E-state index contributed by atoms with van der Waals surface area (Å²) in [5, 5.41) is 0. The van der Waals surface area contributed by atoms with Gasteiger partial charge in [-0.05, 0) is 54.2 Å². The first-order valence-corrected chi connectivity index (χ1v) is 10.4. The van der Waals surface area contributed by atoms with E-state index in [0.717, 1.165) is 11.1 Å². The van der Waals surface area contributed by atoms with Gasteiger partial charge >= 0.3 is 0 Å². The van der Waals surface area contributed by atoms with Crippen molar-refractivity contribution in [2.24, 2.45) is 0 Å². The minimum Gasteiger partial charge on any atom is -0.102 e. The Balaban J connectivity index is 2.12. The minimum atomic E-state index is 1.11. The fraction of sp³-hybridized carbons (Fsp3) is 0.100. The molecule has 4 aromatic rings. The van der Waals surface area contributed by atoms with Gasteiger partial charge in [0.1, 0.15) is 0 Å². The molecule has 0 radical (unpaired) electrons.